The van der Waals surface area contributed by atoms with Crippen molar-refractivity contribution in [3.8, 4) is 0 Å². The normalized spacial score (nSPS) is 24.0. The number of hydrogen-bond acceptors (Lipinski definition) is 3. The van der Waals surface area contributed by atoms with Gasteiger partial charge in [-0.15, -0.1) is 0 Å². The first-order chi connectivity index (χ1) is 10.2. The second kappa shape index (κ2) is 6.24. The van der Waals surface area contributed by atoms with Crippen LogP contribution in [0.5, 0.6) is 0 Å². The number of pyridine rings is 1. The smallest absolute Gasteiger partial charge is 0.246 e. The zero-order chi connectivity index (χ0) is 14.7. The van der Waals surface area contributed by atoms with Crippen LogP contribution >= 0.6 is 0 Å². The third-order valence-electron chi connectivity index (χ3n) is 4.47. The van der Waals surface area contributed by atoms with E-state index in [1.165, 1.54) is 6.42 Å². The molecule has 2 aliphatic rings. The molecule has 1 aliphatic heterocycles. The Bertz CT molecular complexity index is 512. The minimum atomic E-state index is -0.326. The van der Waals surface area contributed by atoms with Gasteiger partial charge in [-0.1, -0.05) is 19.3 Å². The lowest BCUT2D eigenvalue weighted by atomic mass is 9.82. The fourth-order valence-corrected chi connectivity index (χ4v) is 3.36. The minimum absolute atomic E-state index is 0.0424. The van der Waals surface area contributed by atoms with E-state index in [9.17, 15) is 9.59 Å². The van der Waals surface area contributed by atoms with E-state index in [0.717, 1.165) is 31.2 Å². The standard InChI is InChI=1S/C16H21N3O2/c20-14-11-19(10-12-6-8-17-9-7-12)16(21)15(18-14)13-4-2-1-3-5-13/h6-9,13,15H,1-5,10-11H2,(H,18,20). The first-order valence-electron chi connectivity index (χ1n) is 7.71. The molecule has 3 rings (SSSR count). The molecule has 2 heterocycles. The van der Waals surface area contributed by atoms with Crippen LogP contribution in [0.2, 0.25) is 0 Å². The highest BCUT2D eigenvalue weighted by Gasteiger charge is 2.37. The molecule has 1 aromatic heterocycles. The molecular formula is C16H21N3O2. The molecule has 0 bridgehead atoms. The molecule has 1 aliphatic carbocycles. The van der Waals surface area contributed by atoms with E-state index in [1.807, 2.05) is 12.1 Å². The third-order valence-corrected chi connectivity index (χ3v) is 4.47. The molecule has 1 saturated heterocycles. The van der Waals surface area contributed by atoms with Gasteiger partial charge in [-0.05, 0) is 36.5 Å². The highest BCUT2D eigenvalue weighted by atomic mass is 16.2. The maximum atomic E-state index is 12.7. The van der Waals surface area contributed by atoms with Gasteiger partial charge in [0.25, 0.3) is 0 Å². The van der Waals surface area contributed by atoms with E-state index >= 15 is 0 Å². The summed E-state index contributed by atoms with van der Waals surface area (Å²) < 4.78 is 0. The van der Waals surface area contributed by atoms with E-state index in [2.05, 4.69) is 10.3 Å². The van der Waals surface area contributed by atoms with Gasteiger partial charge in [0.2, 0.25) is 11.8 Å². The first-order valence-corrected chi connectivity index (χ1v) is 7.71. The lowest BCUT2D eigenvalue weighted by molar-refractivity contribution is -0.146. The van der Waals surface area contributed by atoms with Crippen molar-refractivity contribution in [1.82, 2.24) is 15.2 Å². The fourth-order valence-electron chi connectivity index (χ4n) is 3.36. The number of piperazine rings is 1. The summed E-state index contributed by atoms with van der Waals surface area (Å²) in [4.78, 5) is 30.3. The topological polar surface area (TPSA) is 62.3 Å². The Morgan fingerprint density at radius 3 is 2.57 bits per heavy atom. The van der Waals surface area contributed by atoms with Gasteiger partial charge in [-0.2, -0.15) is 0 Å². The quantitative estimate of drug-likeness (QED) is 0.916. The van der Waals surface area contributed by atoms with Crippen molar-refractivity contribution in [2.75, 3.05) is 6.54 Å². The van der Waals surface area contributed by atoms with Gasteiger partial charge in [0, 0.05) is 18.9 Å². The number of carbonyl (C=O) groups is 2. The molecule has 1 atom stereocenters. The van der Waals surface area contributed by atoms with Crippen molar-refractivity contribution < 1.29 is 9.59 Å². The Hall–Kier alpha value is -1.91. The number of hydrogen-bond donors (Lipinski definition) is 1. The highest BCUT2D eigenvalue weighted by molar-refractivity contribution is 5.95. The van der Waals surface area contributed by atoms with Crippen LogP contribution in [0.15, 0.2) is 24.5 Å². The van der Waals surface area contributed by atoms with E-state index in [-0.39, 0.29) is 24.4 Å². The van der Waals surface area contributed by atoms with Crippen LogP contribution in [-0.2, 0) is 16.1 Å². The number of rotatable bonds is 3. The van der Waals surface area contributed by atoms with Crippen molar-refractivity contribution in [2.45, 2.75) is 44.7 Å². The summed E-state index contributed by atoms with van der Waals surface area (Å²) in [7, 11) is 0. The predicted octanol–water partition coefficient (Wildman–Crippen LogP) is 1.49. The predicted molar refractivity (Wildman–Crippen MR) is 78.2 cm³/mol. The van der Waals surface area contributed by atoms with Crippen LogP contribution in [0.4, 0.5) is 0 Å². The van der Waals surface area contributed by atoms with Gasteiger partial charge >= 0.3 is 0 Å². The third kappa shape index (κ3) is 3.23. The van der Waals surface area contributed by atoms with Crippen molar-refractivity contribution in [2.24, 2.45) is 5.92 Å². The maximum absolute atomic E-state index is 12.7. The molecule has 0 radical (unpaired) electrons. The maximum Gasteiger partial charge on any atom is 0.246 e. The van der Waals surface area contributed by atoms with Crippen LogP contribution in [0.1, 0.15) is 37.7 Å². The van der Waals surface area contributed by atoms with Crippen molar-refractivity contribution >= 4 is 11.8 Å². The minimum Gasteiger partial charge on any atom is -0.342 e. The molecule has 1 N–H and O–H groups in total. The second-order valence-electron chi connectivity index (χ2n) is 5.99. The first kappa shape index (κ1) is 14.0. The van der Waals surface area contributed by atoms with Crippen LogP contribution < -0.4 is 5.32 Å². The van der Waals surface area contributed by atoms with Crippen LogP contribution in [0.3, 0.4) is 0 Å². The molecule has 0 spiro atoms. The molecule has 21 heavy (non-hydrogen) atoms. The summed E-state index contributed by atoms with van der Waals surface area (Å²) in [6.45, 7) is 0.641. The van der Waals surface area contributed by atoms with Gasteiger partial charge in [-0.25, -0.2) is 0 Å². The largest absolute Gasteiger partial charge is 0.342 e. The zero-order valence-corrected chi connectivity index (χ0v) is 12.1. The molecular weight excluding hydrogens is 266 g/mol. The Kier molecular flexibility index (Phi) is 4.18. The summed E-state index contributed by atoms with van der Waals surface area (Å²) in [5.41, 5.74) is 1.01. The molecule has 0 aromatic carbocycles. The second-order valence-corrected chi connectivity index (χ2v) is 5.99. The Morgan fingerprint density at radius 1 is 1.14 bits per heavy atom. The lowest BCUT2D eigenvalue weighted by Gasteiger charge is -2.37. The van der Waals surface area contributed by atoms with Crippen LogP contribution in [0, 0.1) is 5.92 Å². The number of nitrogens with zero attached hydrogens (tertiary/aromatic N) is 2. The molecule has 1 unspecified atom stereocenters. The van der Waals surface area contributed by atoms with Crippen molar-refractivity contribution in [3.05, 3.63) is 30.1 Å². The van der Waals surface area contributed by atoms with E-state index in [4.69, 9.17) is 0 Å². The number of amides is 2. The van der Waals surface area contributed by atoms with E-state index in [1.54, 1.807) is 17.3 Å². The fraction of sp³-hybridized carbons (Fsp3) is 0.562. The van der Waals surface area contributed by atoms with Crippen LogP contribution in [-0.4, -0.2) is 34.3 Å². The summed E-state index contributed by atoms with van der Waals surface area (Å²) in [6, 6.07) is 3.44. The average Bonchev–Trinajstić information content (AvgIpc) is 2.52. The Balaban J connectivity index is 1.72. The molecule has 1 aromatic rings. The Labute approximate surface area is 124 Å². The summed E-state index contributed by atoms with van der Waals surface area (Å²) in [5, 5.41) is 2.91. The lowest BCUT2D eigenvalue weighted by Crippen LogP contribution is -2.60. The van der Waals surface area contributed by atoms with Crippen molar-refractivity contribution in [3.63, 3.8) is 0 Å². The van der Waals surface area contributed by atoms with Gasteiger partial charge in [0.1, 0.15) is 6.04 Å². The van der Waals surface area contributed by atoms with Gasteiger partial charge < -0.3 is 10.2 Å². The SMILES string of the molecule is O=C1CN(Cc2ccncc2)C(=O)C(C2CCCCC2)N1. The molecule has 1 saturated carbocycles. The Morgan fingerprint density at radius 2 is 1.86 bits per heavy atom. The van der Waals surface area contributed by atoms with Crippen molar-refractivity contribution in [1.29, 1.82) is 0 Å². The molecule has 112 valence electrons. The molecule has 5 heteroatoms. The molecule has 2 amide bonds. The number of nitrogens with one attached hydrogen (secondary N) is 1. The average molecular weight is 287 g/mol. The zero-order valence-electron chi connectivity index (χ0n) is 12.1. The van der Waals surface area contributed by atoms with E-state index < -0.39 is 0 Å². The summed E-state index contributed by atoms with van der Waals surface area (Å²) >= 11 is 0. The van der Waals surface area contributed by atoms with Gasteiger partial charge in [0.15, 0.2) is 0 Å². The number of carbonyl (C=O) groups excluding carboxylic acids is 2. The van der Waals surface area contributed by atoms with Gasteiger partial charge in [0.05, 0.1) is 6.54 Å². The van der Waals surface area contributed by atoms with E-state index in [0.29, 0.717) is 12.5 Å². The summed E-state index contributed by atoms with van der Waals surface area (Å²) in [6.07, 6.45) is 9.07. The summed E-state index contributed by atoms with van der Waals surface area (Å²) in [5.74, 6) is 0.327. The molecule has 2 fully saturated rings. The highest BCUT2D eigenvalue weighted by Crippen LogP contribution is 2.28. The number of aromatic nitrogens is 1. The van der Waals surface area contributed by atoms with Gasteiger partial charge in [-0.3, -0.25) is 14.6 Å². The molecule has 5 nitrogen and oxygen atoms in total. The monoisotopic (exact) mass is 287 g/mol. The van der Waals surface area contributed by atoms with Crippen LogP contribution in [0.25, 0.3) is 0 Å².